The molecule has 1 amide bonds. The van der Waals surface area contributed by atoms with Crippen LogP contribution in [0.15, 0.2) is 65.4 Å². The average molecular weight is 406 g/mol. The van der Waals surface area contributed by atoms with Crippen LogP contribution in [0.1, 0.15) is 16.1 Å². The number of halogens is 1. The molecule has 0 spiro atoms. The summed E-state index contributed by atoms with van der Waals surface area (Å²) in [6.45, 7) is 0.631. The van der Waals surface area contributed by atoms with Crippen molar-refractivity contribution in [1.29, 1.82) is 0 Å². The van der Waals surface area contributed by atoms with Crippen molar-refractivity contribution < 1.29 is 23.2 Å². The average Bonchev–Trinajstić information content (AvgIpc) is 3.50. The van der Waals surface area contributed by atoms with Crippen LogP contribution in [-0.4, -0.2) is 27.6 Å². The van der Waals surface area contributed by atoms with Gasteiger partial charge in [0, 0.05) is 17.8 Å². The van der Waals surface area contributed by atoms with E-state index in [9.17, 15) is 9.18 Å². The van der Waals surface area contributed by atoms with E-state index in [0.717, 1.165) is 11.1 Å². The molecule has 0 unspecified atom stereocenters. The highest BCUT2D eigenvalue weighted by Crippen LogP contribution is 2.36. The summed E-state index contributed by atoms with van der Waals surface area (Å²) in [6.07, 6.45) is 3.21. The van der Waals surface area contributed by atoms with Gasteiger partial charge in [-0.15, -0.1) is 0 Å². The van der Waals surface area contributed by atoms with Crippen molar-refractivity contribution >= 4 is 11.6 Å². The summed E-state index contributed by atoms with van der Waals surface area (Å²) in [7, 11) is 0. The molecular formula is C21H15FN4O4. The molecule has 2 aromatic heterocycles. The Labute approximate surface area is 169 Å². The molecule has 0 saturated heterocycles. The van der Waals surface area contributed by atoms with E-state index in [0.29, 0.717) is 29.5 Å². The highest BCUT2D eigenvalue weighted by molar-refractivity contribution is 6.03. The third-order valence-electron chi connectivity index (χ3n) is 4.55. The molecule has 1 N–H and O–H groups in total. The Hall–Kier alpha value is -4.14. The Morgan fingerprint density at radius 2 is 1.93 bits per heavy atom. The number of amides is 1. The second-order valence-corrected chi connectivity index (χ2v) is 6.65. The molecule has 5 rings (SSSR count). The maximum absolute atomic E-state index is 13.0. The predicted octanol–water partition coefficient (Wildman–Crippen LogP) is 3.71. The molecule has 150 valence electrons. The van der Waals surface area contributed by atoms with Crippen LogP contribution >= 0.6 is 0 Å². The molecule has 0 atom stereocenters. The minimum atomic E-state index is -0.424. The van der Waals surface area contributed by atoms with E-state index in [1.165, 1.54) is 18.3 Å². The van der Waals surface area contributed by atoms with Crippen molar-refractivity contribution in [3.63, 3.8) is 0 Å². The van der Waals surface area contributed by atoms with Crippen LogP contribution in [0.3, 0.4) is 0 Å². The molecule has 2 aromatic carbocycles. The first-order valence-corrected chi connectivity index (χ1v) is 9.09. The number of nitrogens with one attached hydrogen (secondary N) is 1. The third-order valence-corrected chi connectivity index (χ3v) is 4.55. The van der Waals surface area contributed by atoms with E-state index < -0.39 is 5.91 Å². The fraction of sp³-hybridized carbons (Fsp3) is 0.0952. The first kappa shape index (κ1) is 17.9. The number of hydrogen-bond donors (Lipinski definition) is 1. The number of anilines is 1. The number of carbonyl (C=O) groups is 1. The van der Waals surface area contributed by atoms with E-state index >= 15 is 0 Å². The molecule has 8 nitrogen and oxygen atoms in total. The molecule has 0 radical (unpaired) electrons. The highest BCUT2D eigenvalue weighted by atomic mass is 19.1. The second-order valence-electron chi connectivity index (χ2n) is 6.65. The fourth-order valence-electron chi connectivity index (χ4n) is 3.05. The first-order chi connectivity index (χ1) is 14.6. The molecule has 0 bridgehead atoms. The summed E-state index contributed by atoms with van der Waals surface area (Å²) < 4.78 is 30.6. The van der Waals surface area contributed by atoms with Crippen LogP contribution in [0.4, 0.5) is 10.1 Å². The number of hydrogen-bond acceptors (Lipinski definition) is 6. The second kappa shape index (κ2) is 7.36. The van der Waals surface area contributed by atoms with E-state index in [1.54, 1.807) is 47.3 Å². The lowest BCUT2D eigenvalue weighted by atomic mass is 10.1. The molecule has 0 aliphatic carbocycles. The van der Waals surface area contributed by atoms with E-state index in [1.807, 2.05) is 0 Å². The molecule has 1 aliphatic rings. The largest absolute Gasteiger partial charge is 0.454 e. The molecule has 1 aliphatic heterocycles. The van der Waals surface area contributed by atoms with Gasteiger partial charge >= 0.3 is 0 Å². The summed E-state index contributed by atoms with van der Waals surface area (Å²) in [5.74, 6) is 0.995. The van der Waals surface area contributed by atoms with E-state index in [2.05, 4.69) is 15.6 Å². The van der Waals surface area contributed by atoms with Crippen LogP contribution in [0.5, 0.6) is 11.5 Å². The Morgan fingerprint density at radius 1 is 1.10 bits per heavy atom. The van der Waals surface area contributed by atoms with E-state index in [4.69, 9.17) is 14.0 Å². The predicted molar refractivity (Wildman–Crippen MR) is 104 cm³/mol. The van der Waals surface area contributed by atoms with Crippen LogP contribution in [0.25, 0.3) is 11.3 Å². The van der Waals surface area contributed by atoms with Crippen LogP contribution < -0.4 is 14.8 Å². The summed E-state index contributed by atoms with van der Waals surface area (Å²) >= 11 is 0. The number of fused-ring (bicyclic) bond motifs is 1. The summed E-state index contributed by atoms with van der Waals surface area (Å²) in [4.78, 5) is 12.5. The van der Waals surface area contributed by atoms with Gasteiger partial charge in [-0.25, -0.2) is 4.39 Å². The zero-order valence-corrected chi connectivity index (χ0v) is 15.5. The smallest absolute Gasteiger partial charge is 0.277 e. The van der Waals surface area contributed by atoms with Gasteiger partial charge in [0.1, 0.15) is 5.82 Å². The molecule has 0 fully saturated rings. The number of aromatic nitrogens is 3. The van der Waals surface area contributed by atoms with Crippen molar-refractivity contribution in [1.82, 2.24) is 14.9 Å². The lowest BCUT2D eigenvalue weighted by Gasteiger charge is -2.01. The minimum absolute atomic E-state index is 0.133. The lowest BCUT2D eigenvalue weighted by molar-refractivity contribution is 0.101. The van der Waals surface area contributed by atoms with Crippen LogP contribution in [0.2, 0.25) is 0 Å². The minimum Gasteiger partial charge on any atom is -0.454 e. The number of benzene rings is 2. The van der Waals surface area contributed by atoms with Gasteiger partial charge in [0.15, 0.2) is 23.0 Å². The van der Waals surface area contributed by atoms with Gasteiger partial charge in [0.25, 0.3) is 5.91 Å². The summed E-state index contributed by atoms with van der Waals surface area (Å²) in [6, 6.07) is 13.0. The lowest BCUT2D eigenvalue weighted by Crippen LogP contribution is -2.11. The van der Waals surface area contributed by atoms with E-state index in [-0.39, 0.29) is 18.3 Å². The van der Waals surface area contributed by atoms with Gasteiger partial charge in [0.2, 0.25) is 6.79 Å². The molecule has 0 saturated carbocycles. The fourth-order valence-corrected chi connectivity index (χ4v) is 3.05. The SMILES string of the molecule is O=C(Nc1cnn(Cc2ccc(F)cc2)c1)c1cc(-c2ccc3c(c2)OCO3)on1. The van der Waals surface area contributed by atoms with Gasteiger partial charge in [-0.1, -0.05) is 17.3 Å². The maximum atomic E-state index is 13.0. The molecular weight excluding hydrogens is 391 g/mol. The Bertz CT molecular complexity index is 1220. The Kier molecular flexibility index (Phi) is 4.40. The highest BCUT2D eigenvalue weighted by Gasteiger charge is 2.18. The van der Waals surface area contributed by atoms with Crippen LogP contribution in [0, 0.1) is 5.82 Å². The van der Waals surface area contributed by atoms with Gasteiger partial charge in [0.05, 0.1) is 18.4 Å². The van der Waals surface area contributed by atoms with Crippen molar-refractivity contribution in [3.05, 3.63) is 78.0 Å². The van der Waals surface area contributed by atoms with Gasteiger partial charge in [-0.3, -0.25) is 9.48 Å². The van der Waals surface area contributed by atoms with Crippen molar-refractivity contribution in [2.45, 2.75) is 6.54 Å². The van der Waals surface area contributed by atoms with Crippen molar-refractivity contribution in [2.75, 3.05) is 12.1 Å². The Morgan fingerprint density at radius 3 is 2.80 bits per heavy atom. The zero-order valence-electron chi connectivity index (χ0n) is 15.5. The van der Waals surface area contributed by atoms with Gasteiger partial charge < -0.3 is 19.3 Å². The molecule has 4 aromatic rings. The number of ether oxygens (including phenoxy) is 2. The standard InChI is InChI=1S/C21H15FN4O4/c22-15-4-1-13(2-5-15)10-26-11-16(9-23-26)24-21(27)17-8-19(30-25-17)14-3-6-18-20(7-14)29-12-28-18/h1-9,11H,10,12H2,(H,24,27). The molecule has 9 heteroatoms. The van der Waals surface area contributed by atoms with Crippen LogP contribution in [-0.2, 0) is 6.54 Å². The summed E-state index contributed by atoms with van der Waals surface area (Å²) in [5, 5.41) is 10.8. The third kappa shape index (κ3) is 3.60. The number of carbonyl (C=O) groups excluding carboxylic acids is 1. The molecule has 30 heavy (non-hydrogen) atoms. The van der Waals surface area contributed by atoms with Crippen molar-refractivity contribution in [2.24, 2.45) is 0 Å². The van der Waals surface area contributed by atoms with Crippen molar-refractivity contribution in [3.8, 4) is 22.8 Å². The van der Waals surface area contributed by atoms with Gasteiger partial charge in [-0.05, 0) is 35.9 Å². The maximum Gasteiger partial charge on any atom is 0.277 e. The summed E-state index contributed by atoms with van der Waals surface area (Å²) in [5.41, 5.74) is 2.25. The normalized spacial score (nSPS) is 12.2. The zero-order chi connectivity index (χ0) is 20.5. The van der Waals surface area contributed by atoms with Gasteiger partial charge in [-0.2, -0.15) is 5.10 Å². The quantitative estimate of drug-likeness (QED) is 0.543. The molecule has 3 heterocycles. The Balaban J connectivity index is 1.26. The monoisotopic (exact) mass is 406 g/mol. The first-order valence-electron chi connectivity index (χ1n) is 9.09. The topological polar surface area (TPSA) is 91.4 Å². The number of rotatable bonds is 5. The number of nitrogens with zero attached hydrogens (tertiary/aromatic N) is 3.